The number of nitrogens with zero attached hydrogens (tertiary/aromatic N) is 2. The molecule has 0 radical (unpaired) electrons. The summed E-state index contributed by atoms with van der Waals surface area (Å²) < 4.78 is 20.2. The van der Waals surface area contributed by atoms with Crippen molar-refractivity contribution in [2.75, 3.05) is 39.4 Å². The van der Waals surface area contributed by atoms with Crippen LogP contribution in [0.3, 0.4) is 0 Å². The van der Waals surface area contributed by atoms with Gasteiger partial charge in [-0.15, -0.1) is 0 Å². The number of hydrogen-bond donors (Lipinski definition) is 1. The number of ether oxygens (including phenoxy) is 1. The molecule has 0 aliphatic carbocycles. The van der Waals surface area contributed by atoms with Crippen molar-refractivity contribution in [1.82, 2.24) is 14.8 Å². The van der Waals surface area contributed by atoms with E-state index in [0.29, 0.717) is 36.2 Å². The molecule has 2 heterocycles. The summed E-state index contributed by atoms with van der Waals surface area (Å²) >= 11 is 0. The van der Waals surface area contributed by atoms with Gasteiger partial charge in [-0.05, 0) is 18.2 Å². The van der Waals surface area contributed by atoms with E-state index in [2.05, 4.69) is 10.2 Å². The normalized spacial score (nSPS) is 15.6. The predicted octanol–water partition coefficient (Wildman–Crippen LogP) is 1.50. The molecule has 1 aromatic carbocycles. The molecular weight excluding hydrogens is 313 g/mol. The Bertz CT molecular complexity index is 766. The maximum atomic E-state index is 13.5. The van der Waals surface area contributed by atoms with Crippen LogP contribution in [0.2, 0.25) is 0 Å². The van der Waals surface area contributed by atoms with Gasteiger partial charge in [0.1, 0.15) is 5.82 Å². The average Bonchev–Trinajstić information content (AvgIpc) is 2.94. The van der Waals surface area contributed by atoms with Gasteiger partial charge in [0.25, 0.3) is 5.91 Å². The van der Waals surface area contributed by atoms with E-state index in [1.807, 2.05) is 0 Å². The number of amides is 1. The van der Waals surface area contributed by atoms with Gasteiger partial charge in [0, 0.05) is 44.7 Å². The summed E-state index contributed by atoms with van der Waals surface area (Å²) in [6.45, 7) is 5.74. The fourth-order valence-corrected chi connectivity index (χ4v) is 2.89. The van der Waals surface area contributed by atoms with Crippen LogP contribution in [0.1, 0.15) is 22.1 Å². The van der Waals surface area contributed by atoms with Crippen LogP contribution in [0, 0.1) is 5.82 Å². The van der Waals surface area contributed by atoms with Crippen molar-refractivity contribution in [1.29, 1.82) is 0 Å². The third-order valence-electron chi connectivity index (χ3n) is 4.17. The molecule has 7 heteroatoms. The number of hydrogen-bond acceptors (Lipinski definition) is 4. The zero-order valence-electron chi connectivity index (χ0n) is 13.5. The van der Waals surface area contributed by atoms with Crippen molar-refractivity contribution in [2.24, 2.45) is 0 Å². The van der Waals surface area contributed by atoms with Gasteiger partial charge >= 0.3 is 0 Å². The number of carbonyl (C=O) groups excluding carboxylic acids is 2. The number of morpholine rings is 1. The van der Waals surface area contributed by atoms with E-state index in [1.54, 1.807) is 0 Å². The van der Waals surface area contributed by atoms with Crippen LogP contribution in [0.15, 0.2) is 24.4 Å². The minimum atomic E-state index is -0.439. The maximum Gasteiger partial charge on any atom is 0.253 e. The first-order valence-electron chi connectivity index (χ1n) is 7.96. The second-order valence-corrected chi connectivity index (χ2v) is 5.80. The summed E-state index contributed by atoms with van der Waals surface area (Å²) in [7, 11) is 0. The highest BCUT2D eigenvalue weighted by atomic mass is 19.1. The highest BCUT2D eigenvalue weighted by molar-refractivity contribution is 6.09. The minimum Gasteiger partial charge on any atom is -0.379 e. The lowest BCUT2D eigenvalue weighted by atomic mass is 10.1. The molecule has 1 N–H and O–H groups in total. The highest BCUT2D eigenvalue weighted by Crippen LogP contribution is 2.22. The van der Waals surface area contributed by atoms with E-state index < -0.39 is 5.82 Å². The van der Waals surface area contributed by atoms with E-state index in [-0.39, 0.29) is 11.8 Å². The molecule has 24 heavy (non-hydrogen) atoms. The second-order valence-electron chi connectivity index (χ2n) is 5.80. The van der Waals surface area contributed by atoms with E-state index >= 15 is 0 Å². The smallest absolute Gasteiger partial charge is 0.253 e. The van der Waals surface area contributed by atoms with Crippen molar-refractivity contribution in [3.05, 3.63) is 35.8 Å². The zero-order valence-corrected chi connectivity index (χ0v) is 13.5. The lowest BCUT2D eigenvalue weighted by Crippen LogP contribution is -2.41. The summed E-state index contributed by atoms with van der Waals surface area (Å²) in [5.74, 6) is -0.969. The molecule has 0 spiro atoms. The van der Waals surface area contributed by atoms with E-state index in [1.165, 1.54) is 35.9 Å². The number of halogens is 1. The van der Waals surface area contributed by atoms with Crippen LogP contribution in [-0.4, -0.2) is 60.7 Å². The Kier molecular flexibility index (Phi) is 4.92. The molecule has 1 aliphatic heterocycles. The lowest BCUT2D eigenvalue weighted by molar-refractivity contribution is 0.0383. The van der Waals surface area contributed by atoms with Gasteiger partial charge in [0.15, 0.2) is 0 Å². The topological polar surface area (TPSA) is 63.6 Å². The van der Waals surface area contributed by atoms with Gasteiger partial charge in [-0.3, -0.25) is 19.1 Å². The van der Waals surface area contributed by atoms with Gasteiger partial charge < -0.3 is 10.1 Å². The van der Waals surface area contributed by atoms with E-state index in [9.17, 15) is 14.0 Å². The first kappa shape index (κ1) is 16.6. The Morgan fingerprint density at radius 1 is 1.29 bits per heavy atom. The molecular formula is C17H20FN3O3. The van der Waals surface area contributed by atoms with Crippen molar-refractivity contribution >= 4 is 22.7 Å². The third-order valence-corrected chi connectivity index (χ3v) is 4.17. The number of carbonyl (C=O) groups is 2. The molecule has 0 unspecified atom stereocenters. The van der Waals surface area contributed by atoms with Crippen molar-refractivity contribution in [3.63, 3.8) is 0 Å². The number of benzene rings is 1. The predicted molar refractivity (Wildman–Crippen MR) is 87.8 cm³/mol. The molecule has 128 valence electrons. The Morgan fingerprint density at radius 2 is 2.04 bits per heavy atom. The van der Waals surface area contributed by atoms with Gasteiger partial charge in [0.2, 0.25) is 5.91 Å². The molecule has 3 rings (SSSR count). The van der Waals surface area contributed by atoms with Crippen molar-refractivity contribution < 1.29 is 18.7 Å². The van der Waals surface area contributed by atoms with Gasteiger partial charge in [-0.25, -0.2) is 4.39 Å². The Hall–Kier alpha value is -2.25. The van der Waals surface area contributed by atoms with Crippen molar-refractivity contribution in [2.45, 2.75) is 6.92 Å². The summed E-state index contributed by atoms with van der Waals surface area (Å²) in [5.41, 5.74) is 0.837. The lowest BCUT2D eigenvalue weighted by Gasteiger charge is -2.26. The quantitative estimate of drug-likeness (QED) is 0.921. The van der Waals surface area contributed by atoms with Gasteiger partial charge in [-0.1, -0.05) is 0 Å². The Balaban J connectivity index is 1.74. The zero-order chi connectivity index (χ0) is 17.1. The molecule has 0 atom stereocenters. The fraction of sp³-hybridized carbons (Fsp3) is 0.412. The van der Waals surface area contributed by atoms with Gasteiger partial charge in [0.05, 0.1) is 24.3 Å². The first-order valence-corrected chi connectivity index (χ1v) is 7.96. The summed E-state index contributed by atoms with van der Waals surface area (Å²) in [6.07, 6.45) is 1.47. The number of rotatable bonds is 4. The first-order chi connectivity index (χ1) is 11.6. The summed E-state index contributed by atoms with van der Waals surface area (Å²) in [6, 6.07) is 4.07. The Labute approximate surface area is 139 Å². The van der Waals surface area contributed by atoms with Crippen LogP contribution in [0.4, 0.5) is 4.39 Å². The van der Waals surface area contributed by atoms with Crippen LogP contribution < -0.4 is 5.32 Å². The summed E-state index contributed by atoms with van der Waals surface area (Å²) in [4.78, 5) is 26.4. The third kappa shape index (κ3) is 3.47. The average molecular weight is 333 g/mol. The van der Waals surface area contributed by atoms with Crippen LogP contribution >= 0.6 is 0 Å². The van der Waals surface area contributed by atoms with Crippen LogP contribution in [0.5, 0.6) is 0 Å². The minimum absolute atomic E-state index is 0.223. The molecule has 1 saturated heterocycles. The molecule has 1 aromatic heterocycles. The molecule has 1 fully saturated rings. The molecule has 0 saturated carbocycles. The molecule has 0 bridgehead atoms. The SMILES string of the molecule is CC(=O)n1cc(C(=O)NCCN2CCOCC2)c2cc(F)ccc21. The molecule has 6 nitrogen and oxygen atoms in total. The largest absolute Gasteiger partial charge is 0.379 e. The number of nitrogens with one attached hydrogen (secondary N) is 1. The molecule has 1 aliphatic rings. The van der Waals surface area contributed by atoms with E-state index in [4.69, 9.17) is 4.74 Å². The standard InChI is InChI=1S/C17H20FN3O3/c1-12(22)21-11-15(14-10-13(18)2-3-16(14)21)17(23)19-4-5-20-6-8-24-9-7-20/h2-3,10-11H,4-9H2,1H3,(H,19,23). The molecule has 1 amide bonds. The number of fused-ring (bicyclic) bond motifs is 1. The second kappa shape index (κ2) is 7.11. The fourth-order valence-electron chi connectivity index (χ4n) is 2.89. The highest BCUT2D eigenvalue weighted by Gasteiger charge is 2.18. The van der Waals surface area contributed by atoms with E-state index in [0.717, 1.165) is 19.6 Å². The number of aromatic nitrogens is 1. The van der Waals surface area contributed by atoms with Crippen LogP contribution in [0.25, 0.3) is 10.9 Å². The van der Waals surface area contributed by atoms with Gasteiger partial charge in [-0.2, -0.15) is 0 Å². The Morgan fingerprint density at radius 3 is 2.75 bits per heavy atom. The monoisotopic (exact) mass is 333 g/mol. The van der Waals surface area contributed by atoms with Crippen LogP contribution in [-0.2, 0) is 4.74 Å². The maximum absolute atomic E-state index is 13.5. The summed E-state index contributed by atoms with van der Waals surface area (Å²) in [5, 5.41) is 3.28. The van der Waals surface area contributed by atoms with Crippen molar-refractivity contribution in [3.8, 4) is 0 Å². The molecule has 2 aromatic rings.